The zero-order chi connectivity index (χ0) is 55.0. The Bertz CT molecular complexity index is 1450. The molecule has 76 heavy (non-hydrogen) atoms. The van der Waals surface area contributed by atoms with E-state index in [0.29, 0.717) is 12.8 Å². The number of hydrogen-bond donors (Lipinski definition) is 0. The van der Waals surface area contributed by atoms with Crippen LogP contribution >= 0.6 is 0 Å². The van der Waals surface area contributed by atoms with Gasteiger partial charge in [0, 0.05) is 12.8 Å². The Kier molecular flexibility index (Phi) is 61.2. The molecular weight excluding hydrogens is 937 g/mol. The van der Waals surface area contributed by atoms with E-state index >= 15 is 0 Å². The zero-order valence-electron chi connectivity index (χ0n) is 50.3. The third-order valence-corrected chi connectivity index (χ3v) is 14.1. The summed E-state index contributed by atoms with van der Waals surface area (Å²) in [7, 11) is 0. The smallest absolute Gasteiger partial charge is 0.310 e. The van der Waals surface area contributed by atoms with Crippen molar-refractivity contribution in [1.82, 2.24) is 0 Å². The summed E-state index contributed by atoms with van der Waals surface area (Å²) in [5.41, 5.74) is 0. The molecule has 0 aromatic rings. The molecular formula is C70H122O6. The van der Waals surface area contributed by atoms with Crippen LogP contribution < -0.4 is 0 Å². The molecule has 0 bridgehead atoms. The monoisotopic (exact) mass is 1060 g/mol. The van der Waals surface area contributed by atoms with Gasteiger partial charge in [-0.1, -0.05) is 298 Å². The van der Waals surface area contributed by atoms with E-state index in [2.05, 4.69) is 93.7 Å². The van der Waals surface area contributed by atoms with Gasteiger partial charge in [-0.15, -0.1) is 0 Å². The molecule has 6 nitrogen and oxygen atoms in total. The molecule has 0 saturated carbocycles. The van der Waals surface area contributed by atoms with E-state index in [9.17, 15) is 14.4 Å². The highest BCUT2D eigenvalue weighted by molar-refractivity contribution is 5.72. The maximum atomic E-state index is 12.8. The predicted molar refractivity (Wildman–Crippen MR) is 330 cm³/mol. The number of carbonyl (C=O) groups is 3. The van der Waals surface area contributed by atoms with E-state index in [1.54, 1.807) is 6.08 Å². The lowest BCUT2D eigenvalue weighted by Crippen LogP contribution is -2.30. The Hall–Kier alpha value is -3.41. The molecule has 1 unspecified atom stereocenters. The second-order valence-corrected chi connectivity index (χ2v) is 21.7. The second-order valence-electron chi connectivity index (χ2n) is 21.7. The van der Waals surface area contributed by atoms with Gasteiger partial charge >= 0.3 is 17.9 Å². The summed E-state index contributed by atoms with van der Waals surface area (Å²) in [6.07, 6.45) is 85.2. The highest BCUT2D eigenvalue weighted by Crippen LogP contribution is 2.17. The summed E-state index contributed by atoms with van der Waals surface area (Å²) in [4.78, 5) is 38.0. The van der Waals surface area contributed by atoms with Crippen molar-refractivity contribution in [2.75, 3.05) is 13.2 Å². The molecule has 0 aliphatic carbocycles. The summed E-state index contributed by atoms with van der Waals surface area (Å²) in [6.45, 7) is 6.40. The quantitative estimate of drug-likeness (QED) is 0.0261. The van der Waals surface area contributed by atoms with Crippen molar-refractivity contribution in [3.05, 3.63) is 85.1 Å². The van der Waals surface area contributed by atoms with Crippen LogP contribution in [0.5, 0.6) is 0 Å². The molecule has 6 heteroatoms. The fraction of sp³-hybridized carbons (Fsp3) is 0.757. The first-order chi connectivity index (χ1) is 37.5. The lowest BCUT2D eigenvalue weighted by Gasteiger charge is -2.18. The molecule has 0 N–H and O–H groups in total. The van der Waals surface area contributed by atoms with Crippen LogP contribution in [0.2, 0.25) is 0 Å². The third kappa shape index (κ3) is 61.4. The molecule has 0 aliphatic rings. The van der Waals surface area contributed by atoms with E-state index in [1.165, 1.54) is 193 Å². The number of hydrogen-bond acceptors (Lipinski definition) is 6. The number of unbranched alkanes of at least 4 members (excludes halogenated alkanes) is 35. The van der Waals surface area contributed by atoms with E-state index in [4.69, 9.17) is 14.2 Å². The van der Waals surface area contributed by atoms with E-state index in [0.717, 1.165) is 89.9 Å². The number of carbonyl (C=O) groups excluding carboxylic acids is 3. The Morgan fingerprint density at radius 2 is 0.579 bits per heavy atom. The van der Waals surface area contributed by atoms with Crippen LogP contribution in [0.4, 0.5) is 0 Å². The molecule has 0 aromatic carbocycles. The summed E-state index contributed by atoms with van der Waals surface area (Å²) >= 11 is 0. The predicted octanol–water partition coefficient (Wildman–Crippen LogP) is 22.3. The van der Waals surface area contributed by atoms with E-state index in [-0.39, 0.29) is 31.6 Å². The van der Waals surface area contributed by atoms with Crippen molar-refractivity contribution < 1.29 is 28.6 Å². The molecule has 0 rings (SSSR count). The lowest BCUT2D eigenvalue weighted by atomic mass is 10.0. The first kappa shape index (κ1) is 72.6. The lowest BCUT2D eigenvalue weighted by molar-refractivity contribution is -0.166. The van der Waals surface area contributed by atoms with Crippen molar-refractivity contribution in [3.8, 4) is 0 Å². The molecule has 0 saturated heterocycles. The molecule has 0 radical (unpaired) electrons. The van der Waals surface area contributed by atoms with Gasteiger partial charge in [-0.3, -0.25) is 14.4 Å². The zero-order valence-corrected chi connectivity index (χ0v) is 50.3. The van der Waals surface area contributed by atoms with Crippen molar-refractivity contribution in [3.63, 3.8) is 0 Å². The normalized spacial score (nSPS) is 12.6. The fourth-order valence-corrected chi connectivity index (χ4v) is 9.28. The highest BCUT2D eigenvalue weighted by atomic mass is 16.6. The van der Waals surface area contributed by atoms with Gasteiger partial charge in [0.05, 0.1) is 6.42 Å². The number of rotatable bonds is 59. The maximum absolute atomic E-state index is 12.8. The van der Waals surface area contributed by atoms with Crippen LogP contribution in [0.3, 0.4) is 0 Å². The third-order valence-electron chi connectivity index (χ3n) is 14.1. The fourth-order valence-electron chi connectivity index (χ4n) is 9.28. The largest absolute Gasteiger partial charge is 0.462 e. The van der Waals surface area contributed by atoms with Gasteiger partial charge in [0.25, 0.3) is 0 Å². The number of allylic oxidation sites excluding steroid dienone is 13. The Labute approximate surface area is 471 Å². The van der Waals surface area contributed by atoms with Gasteiger partial charge in [0.15, 0.2) is 6.10 Å². The minimum absolute atomic E-state index is 0.0962. The molecule has 0 heterocycles. The topological polar surface area (TPSA) is 78.9 Å². The summed E-state index contributed by atoms with van der Waals surface area (Å²) in [6, 6.07) is 0. The highest BCUT2D eigenvalue weighted by Gasteiger charge is 2.19. The molecule has 1 atom stereocenters. The molecule has 438 valence electrons. The Morgan fingerprint density at radius 3 is 0.908 bits per heavy atom. The molecule has 0 aromatic heterocycles. The minimum Gasteiger partial charge on any atom is -0.462 e. The van der Waals surface area contributed by atoms with Crippen LogP contribution in [0, 0.1) is 0 Å². The van der Waals surface area contributed by atoms with Crippen LogP contribution in [0.15, 0.2) is 85.1 Å². The van der Waals surface area contributed by atoms with Gasteiger partial charge in [-0.25, -0.2) is 0 Å². The van der Waals surface area contributed by atoms with Gasteiger partial charge < -0.3 is 14.2 Å². The van der Waals surface area contributed by atoms with Gasteiger partial charge in [-0.05, 0) is 89.9 Å². The van der Waals surface area contributed by atoms with E-state index < -0.39 is 12.1 Å². The van der Waals surface area contributed by atoms with Crippen LogP contribution in [-0.2, 0) is 28.6 Å². The van der Waals surface area contributed by atoms with Crippen molar-refractivity contribution >= 4 is 17.9 Å². The first-order valence-electron chi connectivity index (χ1n) is 32.6. The second kappa shape index (κ2) is 64.1. The maximum Gasteiger partial charge on any atom is 0.310 e. The average molecular weight is 1060 g/mol. The summed E-state index contributed by atoms with van der Waals surface area (Å²) in [5.74, 6) is -1.05. The molecule has 0 aliphatic heterocycles. The van der Waals surface area contributed by atoms with Crippen LogP contribution in [0.25, 0.3) is 0 Å². The standard InChI is InChI=1S/C70H122O6/c1-4-7-10-13-16-19-22-24-26-27-28-29-30-31-32-33-34-35-36-37-38-39-40-41-42-43-45-46-48-51-54-57-60-63-69(72)75-66-67(65-74-68(71)62-59-56-53-50-21-18-15-12-9-6-3)76-70(73)64-61-58-55-52-49-47-44-25-23-20-17-14-11-8-5-2/h8,11-12,15,17,20,25,27-28,44,49,52,58,61,67H,4-7,9-10,13-14,16,18-19,21-24,26,29-43,45-48,50-51,53-57,59-60,62-66H2,1-3H3/b11-8-,15-12-,20-17-,28-27-,44-25-,52-49-,61-58-. The van der Waals surface area contributed by atoms with Crippen molar-refractivity contribution in [2.24, 2.45) is 0 Å². The van der Waals surface area contributed by atoms with Gasteiger partial charge in [-0.2, -0.15) is 0 Å². The molecule has 0 spiro atoms. The summed E-state index contributed by atoms with van der Waals surface area (Å²) in [5, 5.41) is 0. The first-order valence-corrected chi connectivity index (χ1v) is 32.6. The van der Waals surface area contributed by atoms with Crippen molar-refractivity contribution in [1.29, 1.82) is 0 Å². The number of ether oxygens (including phenoxy) is 3. The van der Waals surface area contributed by atoms with Gasteiger partial charge in [0.2, 0.25) is 0 Å². The van der Waals surface area contributed by atoms with Crippen molar-refractivity contribution in [2.45, 2.75) is 329 Å². The van der Waals surface area contributed by atoms with Gasteiger partial charge in [0.1, 0.15) is 13.2 Å². The summed E-state index contributed by atoms with van der Waals surface area (Å²) < 4.78 is 16.7. The molecule has 0 fully saturated rings. The van der Waals surface area contributed by atoms with Crippen LogP contribution in [-0.4, -0.2) is 37.2 Å². The average Bonchev–Trinajstić information content (AvgIpc) is 3.42. The molecule has 0 amide bonds. The SMILES string of the molecule is CC/C=C\C/C=C\C/C=C\C/C=C\C/C=C\CC(=O)OC(COC(=O)CCCCCCC/C=C\CCC)COC(=O)CCCCCCCCCCCCCCCCCCCCCCC/C=C\CCCCCCCCCC. The van der Waals surface area contributed by atoms with E-state index in [1.807, 2.05) is 6.08 Å². The Morgan fingerprint density at radius 1 is 0.289 bits per heavy atom. The Balaban J connectivity index is 4.10. The minimum atomic E-state index is -0.833. The van der Waals surface area contributed by atoms with Crippen LogP contribution in [0.1, 0.15) is 323 Å². The number of esters is 3.